The van der Waals surface area contributed by atoms with Crippen molar-refractivity contribution in [2.45, 2.75) is 40.2 Å². The quantitative estimate of drug-likeness (QED) is 0.700. The van der Waals surface area contributed by atoms with E-state index in [0.29, 0.717) is 38.7 Å². The molecule has 168 valence electrons. The zero-order valence-electron chi connectivity index (χ0n) is 19.0. The summed E-state index contributed by atoms with van der Waals surface area (Å²) in [6.07, 6.45) is 0.574. The number of rotatable bonds is 8. The van der Waals surface area contributed by atoms with Crippen molar-refractivity contribution in [3.05, 3.63) is 29.8 Å². The van der Waals surface area contributed by atoms with Gasteiger partial charge in [-0.1, -0.05) is 39.8 Å². The molecule has 1 aromatic rings. The fraction of sp³-hybridized carbons (Fsp3) is 0.652. The molecule has 1 aliphatic rings. The molecule has 1 fully saturated rings. The Hall–Kier alpha value is -2.28. The van der Waals surface area contributed by atoms with Crippen LogP contribution in [0.1, 0.15) is 45.7 Å². The minimum Gasteiger partial charge on any atom is -0.497 e. The van der Waals surface area contributed by atoms with E-state index in [9.17, 15) is 9.59 Å². The second-order valence-electron chi connectivity index (χ2n) is 8.65. The van der Waals surface area contributed by atoms with E-state index in [2.05, 4.69) is 24.1 Å². The van der Waals surface area contributed by atoms with Gasteiger partial charge in [0.2, 0.25) is 5.91 Å². The molecule has 0 spiro atoms. The van der Waals surface area contributed by atoms with Crippen LogP contribution < -0.4 is 10.1 Å². The number of nitrogens with one attached hydrogen (secondary N) is 1. The van der Waals surface area contributed by atoms with Crippen LogP contribution in [-0.4, -0.2) is 68.2 Å². The number of nitrogens with zero attached hydrogens (tertiary/aromatic N) is 2. The highest BCUT2D eigenvalue weighted by Gasteiger charge is 2.23. The number of hydrogen-bond acceptors (Lipinski definition) is 5. The van der Waals surface area contributed by atoms with E-state index < -0.39 is 0 Å². The second-order valence-corrected chi connectivity index (χ2v) is 8.65. The molecule has 7 heteroatoms. The lowest BCUT2D eigenvalue weighted by molar-refractivity contribution is -0.123. The number of carbonyl (C=O) groups is 2. The molecular weight excluding hydrogens is 382 g/mol. The maximum Gasteiger partial charge on any atom is 0.409 e. The zero-order valence-corrected chi connectivity index (χ0v) is 19.0. The van der Waals surface area contributed by atoms with E-state index in [0.717, 1.165) is 24.3 Å². The Morgan fingerprint density at radius 2 is 1.73 bits per heavy atom. The summed E-state index contributed by atoms with van der Waals surface area (Å²) in [5, 5.41) is 3.18. The lowest BCUT2D eigenvalue weighted by Crippen LogP contribution is -2.42. The average Bonchev–Trinajstić information content (AvgIpc) is 2.95. The Morgan fingerprint density at radius 3 is 2.33 bits per heavy atom. The molecule has 0 saturated carbocycles. The molecule has 1 unspecified atom stereocenters. The van der Waals surface area contributed by atoms with E-state index in [1.165, 1.54) is 0 Å². The molecule has 2 rings (SSSR count). The first-order valence-electron chi connectivity index (χ1n) is 10.9. The molecule has 0 aliphatic carbocycles. The van der Waals surface area contributed by atoms with Gasteiger partial charge in [0.15, 0.2) is 0 Å². The van der Waals surface area contributed by atoms with Gasteiger partial charge in [0.1, 0.15) is 5.75 Å². The summed E-state index contributed by atoms with van der Waals surface area (Å²) < 4.78 is 10.6. The first-order valence-corrected chi connectivity index (χ1v) is 10.9. The minimum atomic E-state index is -0.255. The van der Waals surface area contributed by atoms with Gasteiger partial charge < -0.3 is 19.7 Å². The average molecular weight is 420 g/mol. The smallest absolute Gasteiger partial charge is 0.409 e. The molecule has 1 atom stereocenters. The van der Waals surface area contributed by atoms with Gasteiger partial charge in [-0.05, 0) is 36.0 Å². The third-order valence-corrected chi connectivity index (χ3v) is 5.21. The van der Waals surface area contributed by atoms with Gasteiger partial charge in [-0.3, -0.25) is 9.69 Å². The predicted molar refractivity (Wildman–Crippen MR) is 118 cm³/mol. The number of carbonyl (C=O) groups excluding carboxylic acids is 2. The number of methoxy groups -OCH3 is 1. The van der Waals surface area contributed by atoms with Crippen molar-refractivity contribution >= 4 is 12.0 Å². The standard InChI is InChI=1S/C23H37N3O4/c1-17(2)16-30-23(28)26-12-6-11-25(13-14-26)15-21(27)24-22(18(3)4)19-7-9-20(29-5)10-8-19/h7-10,17-18,22H,6,11-16H2,1-5H3,(H,24,27). The number of benzene rings is 1. The fourth-order valence-corrected chi connectivity index (χ4v) is 3.51. The van der Waals surface area contributed by atoms with E-state index in [1.54, 1.807) is 12.0 Å². The lowest BCUT2D eigenvalue weighted by Gasteiger charge is -2.26. The number of hydrogen-bond donors (Lipinski definition) is 1. The van der Waals surface area contributed by atoms with Crippen molar-refractivity contribution in [1.29, 1.82) is 0 Å². The maximum atomic E-state index is 12.7. The number of ether oxygens (including phenoxy) is 2. The van der Waals surface area contributed by atoms with Crippen LogP contribution in [0.3, 0.4) is 0 Å². The van der Waals surface area contributed by atoms with Crippen LogP contribution in [0.2, 0.25) is 0 Å². The molecule has 1 aromatic carbocycles. The van der Waals surface area contributed by atoms with Crippen LogP contribution >= 0.6 is 0 Å². The van der Waals surface area contributed by atoms with E-state index in [1.807, 2.05) is 38.1 Å². The van der Waals surface area contributed by atoms with Gasteiger partial charge in [0.25, 0.3) is 0 Å². The summed E-state index contributed by atoms with van der Waals surface area (Å²) in [5.74, 6) is 1.38. The van der Waals surface area contributed by atoms with Gasteiger partial charge in [-0.2, -0.15) is 0 Å². The normalized spacial score (nSPS) is 16.3. The van der Waals surface area contributed by atoms with Gasteiger partial charge in [-0.15, -0.1) is 0 Å². The SMILES string of the molecule is COc1ccc(C(NC(=O)CN2CCCN(C(=O)OCC(C)C)CC2)C(C)C)cc1. The summed E-state index contributed by atoms with van der Waals surface area (Å²) in [4.78, 5) is 28.8. The Bertz CT molecular complexity index is 676. The van der Waals surface area contributed by atoms with Crippen LogP contribution in [0.25, 0.3) is 0 Å². The first-order chi connectivity index (χ1) is 14.3. The van der Waals surface area contributed by atoms with Crippen molar-refractivity contribution in [3.63, 3.8) is 0 Å². The highest BCUT2D eigenvalue weighted by molar-refractivity contribution is 5.78. The zero-order chi connectivity index (χ0) is 22.1. The van der Waals surface area contributed by atoms with Crippen molar-refractivity contribution < 1.29 is 19.1 Å². The van der Waals surface area contributed by atoms with E-state index in [-0.39, 0.29) is 24.0 Å². The summed E-state index contributed by atoms with van der Waals surface area (Å²) in [5.41, 5.74) is 1.06. The predicted octanol–water partition coefficient (Wildman–Crippen LogP) is 3.31. The molecule has 1 saturated heterocycles. The third kappa shape index (κ3) is 7.52. The fourth-order valence-electron chi connectivity index (χ4n) is 3.51. The molecule has 0 aromatic heterocycles. The van der Waals surface area contributed by atoms with Gasteiger partial charge in [0, 0.05) is 26.2 Å². The van der Waals surface area contributed by atoms with Crippen LogP contribution in [0, 0.1) is 11.8 Å². The van der Waals surface area contributed by atoms with Crippen LogP contribution in [0.4, 0.5) is 4.79 Å². The molecule has 2 amide bonds. The molecule has 0 bridgehead atoms. The van der Waals surface area contributed by atoms with E-state index >= 15 is 0 Å². The highest BCUT2D eigenvalue weighted by Crippen LogP contribution is 2.24. The largest absolute Gasteiger partial charge is 0.497 e. The Kier molecular flexibility index (Phi) is 9.43. The van der Waals surface area contributed by atoms with Gasteiger partial charge in [0.05, 0.1) is 26.3 Å². The Morgan fingerprint density at radius 1 is 1.03 bits per heavy atom. The molecule has 1 heterocycles. The summed E-state index contributed by atoms with van der Waals surface area (Å²) in [6, 6.07) is 7.77. The second kappa shape index (κ2) is 11.8. The molecule has 1 aliphatic heterocycles. The van der Waals surface area contributed by atoms with E-state index in [4.69, 9.17) is 9.47 Å². The van der Waals surface area contributed by atoms with Crippen molar-refractivity contribution in [3.8, 4) is 5.75 Å². The van der Waals surface area contributed by atoms with Crippen LogP contribution in [0.15, 0.2) is 24.3 Å². The molecule has 30 heavy (non-hydrogen) atoms. The molecule has 0 radical (unpaired) electrons. The Balaban J connectivity index is 1.87. The molecule has 1 N–H and O–H groups in total. The topological polar surface area (TPSA) is 71.1 Å². The van der Waals surface area contributed by atoms with Crippen molar-refractivity contribution in [2.24, 2.45) is 11.8 Å². The highest BCUT2D eigenvalue weighted by atomic mass is 16.6. The van der Waals surface area contributed by atoms with Gasteiger partial charge >= 0.3 is 6.09 Å². The third-order valence-electron chi connectivity index (χ3n) is 5.21. The van der Waals surface area contributed by atoms with Crippen LogP contribution in [0.5, 0.6) is 5.75 Å². The summed E-state index contributed by atoms with van der Waals surface area (Å²) in [6.45, 7) is 11.7. The summed E-state index contributed by atoms with van der Waals surface area (Å²) >= 11 is 0. The maximum absolute atomic E-state index is 12.7. The number of amides is 2. The van der Waals surface area contributed by atoms with Gasteiger partial charge in [-0.25, -0.2) is 4.79 Å². The Labute approximate surface area is 180 Å². The summed E-state index contributed by atoms with van der Waals surface area (Å²) in [7, 11) is 1.64. The van der Waals surface area contributed by atoms with Crippen LogP contribution in [-0.2, 0) is 9.53 Å². The lowest BCUT2D eigenvalue weighted by atomic mass is 9.96. The first kappa shape index (κ1) is 24.0. The van der Waals surface area contributed by atoms with Crippen molar-refractivity contribution in [2.75, 3.05) is 46.4 Å². The molecular formula is C23H37N3O4. The minimum absolute atomic E-state index is 0.000326. The van der Waals surface area contributed by atoms with Crippen molar-refractivity contribution in [1.82, 2.24) is 15.1 Å². The molecule has 7 nitrogen and oxygen atoms in total. The monoisotopic (exact) mass is 419 g/mol.